The first-order valence-corrected chi connectivity index (χ1v) is 21.1. The SMILES string of the molecule is c1ccc(C2NSNC(c3cccc(C4NSNC(c5cccc(C6NSNC(c7cccc(C8NSNC(c9ccccc9)N8)c7)N6)c5)N4)c3)N2)cc1. The number of hydrogen-bond acceptors (Lipinski definition) is 16. The molecule has 54 heavy (non-hydrogen) atoms. The third kappa shape index (κ3) is 8.54. The highest BCUT2D eigenvalue weighted by Gasteiger charge is 2.29. The van der Waals surface area contributed by atoms with E-state index in [4.69, 9.17) is 0 Å². The Labute approximate surface area is 333 Å². The summed E-state index contributed by atoms with van der Waals surface area (Å²) in [7, 11) is 0. The number of hydrogen-bond donors (Lipinski definition) is 12. The van der Waals surface area contributed by atoms with Gasteiger partial charge in [0.2, 0.25) is 0 Å². The fourth-order valence-electron chi connectivity index (χ4n) is 6.91. The van der Waals surface area contributed by atoms with Crippen LogP contribution < -0.4 is 59.0 Å². The normalized spacial score (nSPS) is 29.0. The molecule has 0 aromatic heterocycles. The van der Waals surface area contributed by atoms with E-state index in [9.17, 15) is 0 Å². The van der Waals surface area contributed by atoms with Gasteiger partial charge in [-0.2, -0.15) is 0 Å². The average molecular weight is 795 g/mol. The van der Waals surface area contributed by atoms with Crippen molar-refractivity contribution in [2.45, 2.75) is 49.3 Å². The van der Waals surface area contributed by atoms with Crippen molar-refractivity contribution in [3.05, 3.63) is 178 Å². The van der Waals surface area contributed by atoms with E-state index in [0.717, 1.165) is 11.1 Å². The van der Waals surface area contributed by atoms with Gasteiger partial charge in [0.25, 0.3) is 0 Å². The molecule has 16 heteroatoms. The van der Waals surface area contributed by atoms with Crippen LogP contribution in [0.2, 0.25) is 0 Å². The van der Waals surface area contributed by atoms with Crippen LogP contribution in [0.25, 0.3) is 0 Å². The van der Waals surface area contributed by atoms with Crippen LogP contribution in [0.4, 0.5) is 0 Å². The van der Waals surface area contributed by atoms with Crippen molar-refractivity contribution in [2.24, 2.45) is 0 Å². The van der Waals surface area contributed by atoms with E-state index in [1.54, 1.807) is 0 Å². The van der Waals surface area contributed by atoms with Crippen LogP contribution in [-0.2, 0) is 0 Å². The van der Waals surface area contributed by atoms with E-state index < -0.39 is 0 Å². The summed E-state index contributed by atoms with van der Waals surface area (Å²) >= 11 is 6.10. The molecule has 0 radical (unpaired) electrons. The minimum atomic E-state index is -0.0672. The minimum Gasteiger partial charge on any atom is -0.277 e. The molecule has 12 nitrogen and oxygen atoms in total. The first-order chi connectivity index (χ1) is 26.7. The quantitative estimate of drug-likeness (QED) is 0.0853. The van der Waals surface area contributed by atoms with Gasteiger partial charge >= 0.3 is 0 Å². The van der Waals surface area contributed by atoms with E-state index in [-0.39, 0.29) is 49.3 Å². The lowest BCUT2D eigenvalue weighted by Crippen LogP contribution is -2.46. The molecule has 8 atom stereocenters. The fraction of sp³-hybridized carbons (Fsp3) is 0.211. The van der Waals surface area contributed by atoms with Crippen LogP contribution in [0.15, 0.2) is 133 Å². The maximum Gasteiger partial charge on any atom is 0.0953 e. The first-order valence-electron chi connectivity index (χ1n) is 17.8. The average Bonchev–Trinajstić information content (AvgIpc) is 3.27. The van der Waals surface area contributed by atoms with Crippen LogP contribution in [0, 0.1) is 0 Å². The minimum absolute atomic E-state index is 0.0127. The van der Waals surface area contributed by atoms with Crippen molar-refractivity contribution in [1.82, 2.24) is 59.0 Å². The molecule has 5 aromatic carbocycles. The molecule has 0 amide bonds. The van der Waals surface area contributed by atoms with Crippen LogP contribution in [0.1, 0.15) is 93.8 Å². The number of nitrogens with one attached hydrogen (secondary N) is 12. The van der Waals surface area contributed by atoms with E-state index in [1.165, 1.54) is 81.9 Å². The monoisotopic (exact) mass is 794 g/mol. The Morgan fingerprint density at radius 1 is 0.241 bits per heavy atom. The molecule has 0 saturated carbocycles. The molecule has 8 unspecified atom stereocenters. The highest BCUT2D eigenvalue weighted by molar-refractivity contribution is 7.96. The lowest BCUT2D eigenvalue weighted by molar-refractivity contribution is 0.390. The van der Waals surface area contributed by atoms with Crippen LogP contribution in [-0.4, -0.2) is 0 Å². The Hall–Kier alpha value is -2.98. The summed E-state index contributed by atoms with van der Waals surface area (Å²) in [6, 6.07) is 47.1. The smallest absolute Gasteiger partial charge is 0.0953 e. The third-order valence-corrected chi connectivity index (χ3v) is 12.6. The van der Waals surface area contributed by atoms with Gasteiger partial charge in [0.15, 0.2) is 0 Å². The lowest BCUT2D eigenvalue weighted by atomic mass is 10.0. The van der Waals surface area contributed by atoms with Gasteiger partial charge in [-0.25, -0.2) is 37.8 Å². The zero-order chi connectivity index (χ0) is 36.1. The molecule has 4 heterocycles. The molecular formula is C38H42N12S4. The Bertz CT molecular complexity index is 1860. The van der Waals surface area contributed by atoms with Crippen molar-refractivity contribution in [2.75, 3.05) is 0 Å². The van der Waals surface area contributed by atoms with Gasteiger partial charge in [0.05, 0.1) is 49.3 Å². The van der Waals surface area contributed by atoms with Crippen LogP contribution in [0.5, 0.6) is 0 Å². The van der Waals surface area contributed by atoms with Gasteiger partial charge in [-0.3, -0.25) is 21.3 Å². The molecule has 5 aromatic rings. The molecule has 0 bridgehead atoms. The van der Waals surface area contributed by atoms with Gasteiger partial charge in [-0.15, -0.1) is 0 Å². The molecule has 4 fully saturated rings. The van der Waals surface area contributed by atoms with Crippen molar-refractivity contribution >= 4 is 48.5 Å². The summed E-state index contributed by atoms with van der Waals surface area (Å²) in [5.74, 6) is 0. The Kier molecular flexibility index (Phi) is 11.8. The second kappa shape index (κ2) is 17.4. The maximum absolute atomic E-state index is 3.79. The van der Waals surface area contributed by atoms with Gasteiger partial charge in [0.1, 0.15) is 0 Å². The predicted octanol–water partition coefficient (Wildman–Crippen LogP) is 5.86. The zero-order valence-electron chi connectivity index (χ0n) is 29.0. The van der Waals surface area contributed by atoms with E-state index in [1.807, 2.05) is 12.1 Å². The van der Waals surface area contributed by atoms with Crippen molar-refractivity contribution < 1.29 is 0 Å². The van der Waals surface area contributed by atoms with Gasteiger partial charge in [0, 0.05) is 48.5 Å². The highest BCUT2D eigenvalue weighted by atomic mass is 32.2. The van der Waals surface area contributed by atoms with Crippen molar-refractivity contribution in [3.8, 4) is 0 Å². The molecular weight excluding hydrogens is 753 g/mol. The van der Waals surface area contributed by atoms with Crippen molar-refractivity contribution in [3.63, 3.8) is 0 Å². The van der Waals surface area contributed by atoms with E-state index in [0.29, 0.717) is 0 Å². The summed E-state index contributed by atoms with van der Waals surface area (Å²) < 4.78 is 28.0. The van der Waals surface area contributed by atoms with Gasteiger partial charge < -0.3 is 0 Å². The first kappa shape index (κ1) is 36.6. The largest absolute Gasteiger partial charge is 0.277 e. The summed E-state index contributed by atoms with van der Waals surface area (Å²) in [5, 5.41) is 15.0. The summed E-state index contributed by atoms with van der Waals surface area (Å²) in [5.41, 5.74) is 9.40. The van der Waals surface area contributed by atoms with Gasteiger partial charge in [-0.1, -0.05) is 115 Å². The lowest BCUT2D eigenvalue weighted by Gasteiger charge is -2.35. The Morgan fingerprint density at radius 2 is 0.444 bits per heavy atom. The zero-order valence-corrected chi connectivity index (χ0v) is 32.2. The highest BCUT2D eigenvalue weighted by Crippen LogP contribution is 2.31. The van der Waals surface area contributed by atoms with Crippen LogP contribution in [0.3, 0.4) is 0 Å². The van der Waals surface area contributed by atoms with Gasteiger partial charge in [-0.05, 0) is 62.7 Å². The number of rotatable bonds is 8. The Balaban J connectivity index is 0.854. The standard InChI is InChI=1S/C38H42N12S4/c1-3-10-23(11-4-1)31-39-33(45-51-43-31)25-14-7-16-27(20-25)35-41-37(49-53-47-35)29-18-9-19-30(22-29)38-42-36(48-54-50-38)28-17-8-15-26(21-28)34-40-32(44-52-46-34)24-12-5-2-6-13-24/h1-22,31-50H. The Morgan fingerprint density at radius 3 is 0.685 bits per heavy atom. The van der Waals surface area contributed by atoms with Crippen molar-refractivity contribution in [1.29, 1.82) is 0 Å². The molecule has 4 saturated heterocycles. The molecule has 0 aliphatic carbocycles. The second-order valence-electron chi connectivity index (χ2n) is 13.3. The molecule has 4 aliphatic rings. The number of benzene rings is 5. The third-order valence-electron chi connectivity index (χ3n) is 9.75. The molecule has 12 N–H and O–H groups in total. The summed E-state index contributed by atoms with van der Waals surface area (Å²) in [4.78, 5) is 0. The maximum atomic E-state index is 3.79. The second-order valence-corrected chi connectivity index (χ2v) is 16.0. The van der Waals surface area contributed by atoms with E-state index >= 15 is 0 Å². The topological polar surface area (TPSA) is 144 Å². The molecule has 9 rings (SSSR count). The summed E-state index contributed by atoms with van der Waals surface area (Å²) in [6.07, 6.45) is -0.198. The predicted molar refractivity (Wildman–Crippen MR) is 222 cm³/mol. The van der Waals surface area contributed by atoms with Crippen LogP contribution >= 0.6 is 48.5 Å². The molecule has 278 valence electrons. The fourth-order valence-corrected chi connectivity index (χ4v) is 9.75. The molecule has 4 aliphatic heterocycles. The molecule has 0 spiro atoms. The van der Waals surface area contributed by atoms with E-state index in [2.05, 4.69) is 180 Å². The summed E-state index contributed by atoms with van der Waals surface area (Å²) in [6.45, 7) is 0.